The average molecular weight is 728 g/mol. The van der Waals surface area contributed by atoms with E-state index < -0.39 is 5.41 Å². The monoisotopic (exact) mass is 727 g/mol. The summed E-state index contributed by atoms with van der Waals surface area (Å²) in [6.07, 6.45) is 0. The van der Waals surface area contributed by atoms with Crippen LogP contribution in [0.5, 0.6) is 0 Å². The number of hydrogen-bond donors (Lipinski definition) is 0. The lowest BCUT2D eigenvalue weighted by Crippen LogP contribution is -2.28. The van der Waals surface area contributed by atoms with Crippen molar-refractivity contribution in [1.82, 2.24) is 0 Å². The summed E-state index contributed by atoms with van der Waals surface area (Å²) in [5.41, 5.74) is 16.6. The summed E-state index contributed by atoms with van der Waals surface area (Å²) >= 11 is 0. The fraction of sp³-hybridized carbons (Fsp3) is 0.0182. The van der Waals surface area contributed by atoms with Gasteiger partial charge in [0.15, 0.2) is 0 Å². The van der Waals surface area contributed by atoms with Gasteiger partial charge in [0, 0.05) is 16.8 Å². The van der Waals surface area contributed by atoms with Gasteiger partial charge < -0.3 is 9.32 Å². The van der Waals surface area contributed by atoms with Gasteiger partial charge in [-0.05, 0) is 98.1 Å². The van der Waals surface area contributed by atoms with Gasteiger partial charge in [0.2, 0.25) is 0 Å². The number of anilines is 3. The first-order valence-electron chi connectivity index (χ1n) is 19.6. The molecule has 0 spiro atoms. The molecule has 0 saturated heterocycles. The molecule has 2 heteroatoms. The Morgan fingerprint density at radius 1 is 0.351 bits per heavy atom. The summed E-state index contributed by atoms with van der Waals surface area (Å²) in [6, 6.07) is 81.0. The van der Waals surface area contributed by atoms with Crippen LogP contribution in [0.2, 0.25) is 0 Å². The molecule has 11 rings (SSSR count). The van der Waals surface area contributed by atoms with Gasteiger partial charge in [0.25, 0.3) is 0 Å². The van der Waals surface area contributed by atoms with E-state index in [2.05, 4.69) is 229 Å². The summed E-state index contributed by atoms with van der Waals surface area (Å²) < 4.78 is 6.93. The Morgan fingerprint density at radius 2 is 0.860 bits per heavy atom. The zero-order valence-electron chi connectivity index (χ0n) is 31.2. The van der Waals surface area contributed by atoms with E-state index in [1.165, 1.54) is 44.5 Å². The van der Waals surface area contributed by atoms with E-state index in [1.54, 1.807) is 0 Å². The zero-order chi connectivity index (χ0) is 37.8. The summed E-state index contributed by atoms with van der Waals surface area (Å²) in [5, 5.41) is 2.16. The van der Waals surface area contributed by atoms with Crippen LogP contribution in [-0.4, -0.2) is 0 Å². The molecule has 0 saturated carbocycles. The molecule has 0 fully saturated rings. The molecule has 10 aromatic rings. The molecule has 1 aliphatic carbocycles. The SMILES string of the molecule is c1ccc(-c2cccc(N(c3cccc(-c4ccccc4)c3)c3cccc4oc5cc(C6(c7ccccc7)c7ccccc7-c7ccccc76)ccc5c34)c2)cc1. The van der Waals surface area contributed by atoms with Crippen LogP contribution in [0.1, 0.15) is 22.3 Å². The molecule has 0 aliphatic heterocycles. The van der Waals surface area contributed by atoms with Crippen LogP contribution in [0.4, 0.5) is 17.1 Å². The fourth-order valence-corrected chi connectivity index (χ4v) is 9.28. The first-order chi connectivity index (χ1) is 28.3. The number of hydrogen-bond acceptors (Lipinski definition) is 2. The third kappa shape index (κ3) is 5.26. The van der Waals surface area contributed by atoms with Crippen LogP contribution in [0, 0.1) is 0 Å². The van der Waals surface area contributed by atoms with Gasteiger partial charge >= 0.3 is 0 Å². The highest BCUT2D eigenvalue weighted by atomic mass is 16.3. The van der Waals surface area contributed by atoms with Gasteiger partial charge in [0.1, 0.15) is 11.2 Å². The molecule has 268 valence electrons. The van der Waals surface area contributed by atoms with Crippen LogP contribution in [0.25, 0.3) is 55.3 Å². The molecule has 0 amide bonds. The molecule has 2 nitrogen and oxygen atoms in total. The Kier molecular flexibility index (Phi) is 7.75. The number of nitrogens with zero attached hydrogens (tertiary/aromatic N) is 1. The molecule has 9 aromatic carbocycles. The van der Waals surface area contributed by atoms with Crippen molar-refractivity contribution in [3.8, 4) is 33.4 Å². The number of rotatable bonds is 7. The predicted molar refractivity (Wildman–Crippen MR) is 237 cm³/mol. The van der Waals surface area contributed by atoms with Crippen molar-refractivity contribution in [2.45, 2.75) is 5.41 Å². The van der Waals surface area contributed by atoms with Gasteiger partial charge in [-0.2, -0.15) is 0 Å². The molecule has 0 radical (unpaired) electrons. The maximum Gasteiger partial charge on any atom is 0.137 e. The van der Waals surface area contributed by atoms with Crippen LogP contribution in [-0.2, 0) is 5.41 Å². The quantitative estimate of drug-likeness (QED) is 0.163. The first-order valence-corrected chi connectivity index (χ1v) is 19.6. The summed E-state index contributed by atoms with van der Waals surface area (Å²) in [4.78, 5) is 2.39. The smallest absolute Gasteiger partial charge is 0.137 e. The third-order valence-electron chi connectivity index (χ3n) is 11.7. The van der Waals surface area contributed by atoms with E-state index in [1.807, 2.05) is 0 Å². The van der Waals surface area contributed by atoms with E-state index in [0.29, 0.717) is 0 Å². The van der Waals surface area contributed by atoms with Crippen molar-refractivity contribution >= 4 is 39.0 Å². The number of fused-ring (bicyclic) bond motifs is 6. The fourth-order valence-electron chi connectivity index (χ4n) is 9.28. The van der Waals surface area contributed by atoms with Gasteiger partial charge in [0.05, 0.1) is 16.5 Å². The van der Waals surface area contributed by atoms with Crippen molar-refractivity contribution in [2.24, 2.45) is 0 Å². The van der Waals surface area contributed by atoms with Crippen LogP contribution >= 0.6 is 0 Å². The predicted octanol–water partition coefficient (Wildman–Crippen LogP) is 14.8. The molecular weight excluding hydrogens is 691 g/mol. The van der Waals surface area contributed by atoms with Crippen molar-refractivity contribution in [1.29, 1.82) is 0 Å². The maximum atomic E-state index is 6.93. The standard InChI is InChI=1S/C55H37NO/c1-4-17-38(18-5-1)40-21-14-25-44(35-40)56(45-26-15-22-41(36-45)39-19-6-2-7-20-39)51-31-16-32-52-54(51)48-34-33-43(37-53(48)57-52)55(42-23-8-3-9-24-42)49-29-12-10-27-46(49)47-28-11-13-30-50(47)55/h1-37H. The second-order valence-corrected chi connectivity index (χ2v) is 14.8. The van der Waals surface area contributed by atoms with E-state index in [9.17, 15) is 0 Å². The normalized spacial score (nSPS) is 12.7. The van der Waals surface area contributed by atoms with Crippen molar-refractivity contribution in [2.75, 3.05) is 4.90 Å². The number of benzene rings is 9. The minimum atomic E-state index is -0.508. The Hall–Kier alpha value is -7.42. The third-order valence-corrected chi connectivity index (χ3v) is 11.7. The molecule has 0 N–H and O–H groups in total. The van der Waals surface area contributed by atoms with Crippen LogP contribution in [0.15, 0.2) is 229 Å². The number of furan rings is 1. The average Bonchev–Trinajstić information content (AvgIpc) is 3.82. The van der Waals surface area contributed by atoms with Crippen molar-refractivity contribution < 1.29 is 4.42 Å². The molecule has 57 heavy (non-hydrogen) atoms. The largest absolute Gasteiger partial charge is 0.456 e. The van der Waals surface area contributed by atoms with E-state index >= 15 is 0 Å². The Labute approximate surface area is 332 Å². The minimum Gasteiger partial charge on any atom is -0.456 e. The topological polar surface area (TPSA) is 16.4 Å². The first kappa shape index (κ1) is 33.0. The molecule has 0 unspecified atom stereocenters. The minimum absolute atomic E-state index is 0.508. The summed E-state index contributed by atoms with van der Waals surface area (Å²) in [7, 11) is 0. The van der Waals surface area contributed by atoms with E-state index in [-0.39, 0.29) is 0 Å². The lowest BCUT2D eigenvalue weighted by atomic mass is 9.67. The van der Waals surface area contributed by atoms with Crippen molar-refractivity contribution in [3.63, 3.8) is 0 Å². The molecular formula is C55H37NO. The highest BCUT2D eigenvalue weighted by Crippen LogP contribution is 2.56. The Morgan fingerprint density at radius 3 is 1.46 bits per heavy atom. The highest BCUT2D eigenvalue weighted by molar-refractivity contribution is 6.13. The second-order valence-electron chi connectivity index (χ2n) is 14.8. The van der Waals surface area contributed by atoms with E-state index in [4.69, 9.17) is 4.42 Å². The second kappa shape index (κ2) is 13.4. The Balaban J connectivity index is 1.14. The zero-order valence-corrected chi connectivity index (χ0v) is 31.2. The molecule has 1 aliphatic rings. The van der Waals surface area contributed by atoms with Gasteiger partial charge in [-0.3, -0.25) is 0 Å². The lowest BCUT2D eigenvalue weighted by Gasteiger charge is -2.33. The van der Waals surface area contributed by atoms with Crippen LogP contribution < -0.4 is 4.90 Å². The summed E-state index contributed by atoms with van der Waals surface area (Å²) in [5.74, 6) is 0. The molecule has 1 aromatic heterocycles. The summed E-state index contributed by atoms with van der Waals surface area (Å²) in [6.45, 7) is 0. The van der Waals surface area contributed by atoms with Gasteiger partial charge in [-0.1, -0.05) is 182 Å². The van der Waals surface area contributed by atoms with E-state index in [0.717, 1.165) is 50.1 Å². The molecule has 0 atom stereocenters. The van der Waals surface area contributed by atoms with Gasteiger partial charge in [-0.15, -0.1) is 0 Å². The molecule has 0 bridgehead atoms. The van der Waals surface area contributed by atoms with Crippen LogP contribution in [0.3, 0.4) is 0 Å². The van der Waals surface area contributed by atoms with Gasteiger partial charge in [-0.25, -0.2) is 0 Å². The lowest BCUT2D eigenvalue weighted by molar-refractivity contribution is 0.665. The maximum absolute atomic E-state index is 6.93. The van der Waals surface area contributed by atoms with Crippen molar-refractivity contribution in [3.05, 3.63) is 247 Å². The highest BCUT2D eigenvalue weighted by Gasteiger charge is 2.46. The molecule has 1 heterocycles. The Bertz CT molecular complexity index is 2940.